The molecule has 102 valence electrons. The summed E-state index contributed by atoms with van der Waals surface area (Å²) >= 11 is 3.44. The van der Waals surface area contributed by atoms with Crippen LogP contribution in [0.5, 0.6) is 0 Å². The second kappa shape index (κ2) is 6.06. The molecule has 19 heavy (non-hydrogen) atoms. The fourth-order valence-electron chi connectivity index (χ4n) is 1.90. The van der Waals surface area contributed by atoms with Gasteiger partial charge in [-0.1, -0.05) is 0 Å². The van der Waals surface area contributed by atoms with Gasteiger partial charge in [-0.15, -0.1) is 0 Å². The number of rotatable bonds is 4. The molecule has 0 aromatic carbocycles. The number of aromatic nitrogens is 2. The number of fused-ring (bicyclic) bond motifs is 1. The van der Waals surface area contributed by atoms with E-state index < -0.39 is 0 Å². The maximum absolute atomic E-state index is 5.94. The summed E-state index contributed by atoms with van der Waals surface area (Å²) in [7, 11) is 0. The number of pyridine rings is 1. The molecule has 6 heteroatoms. The van der Waals surface area contributed by atoms with Gasteiger partial charge in [-0.3, -0.25) is 0 Å². The van der Waals surface area contributed by atoms with E-state index in [-0.39, 0.29) is 0 Å². The summed E-state index contributed by atoms with van der Waals surface area (Å²) in [5, 5.41) is 0. The first kappa shape index (κ1) is 13.9. The zero-order valence-electron chi connectivity index (χ0n) is 11.2. The highest BCUT2D eigenvalue weighted by atomic mass is 79.9. The van der Waals surface area contributed by atoms with Crippen molar-refractivity contribution in [3.05, 3.63) is 34.7 Å². The van der Waals surface area contributed by atoms with Gasteiger partial charge in [0.05, 0.1) is 12.2 Å². The summed E-state index contributed by atoms with van der Waals surface area (Å²) in [6, 6.07) is 3.94. The molecule has 0 amide bonds. The standard InChI is InChI=1S/C13H18BrN5/c1-3-18(4-2)13(15)16-7-11-9-19-8-10(14)5-6-12(19)17-11/h5-6,8-9H,3-4,7H2,1-2H3,(H2,15,16). The van der Waals surface area contributed by atoms with Crippen LogP contribution >= 0.6 is 15.9 Å². The Morgan fingerprint density at radius 1 is 1.37 bits per heavy atom. The lowest BCUT2D eigenvalue weighted by atomic mass is 10.5. The van der Waals surface area contributed by atoms with Crippen molar-refractivity contribution in [1.82, 2.24) is 14.3 Å². The van der Waals surface area contributed by atoms with E-state index in [1.807, 2.05) is 33.8 Å². The van der Waals surface area contributed by atoms with E-state index >= 15 is 0 Å². The highest BCUT2D eigenvalue weighted by Crippen LogP contribution is 2.12. The Hall–Kier alpha value is -1.56. The van der Waals surface area contributed by atoms with Crippen molar-refractivity contribution in [1.29, 1.82) is 0 Å². The molecule has 0 radical (unpaired) electrons. The minimum atomic E-state index is 0.502. The highest BCUT2D eigenvalue weighted by Gasteiger charge is 2.04. The number of hydrogen-bond donors (Lipinski definition) is 1. The van der Waals surface area contributed by atoms with Gasteiger partial charge < -0.3 is 15.0 Å². The van der Waals surface area contributed by atoms with Gasteiger partial charge in [-0.05, 0) is 41.9 Å². The Morgan fingerprint density at radius 3 is 2.79 bits per heavy atom. The van der Waals surface area contributed by atoms with Crippen molar-refractivity contribution in [3.63, 3.8) is 0 Å². The van der Waals surface area contributed by atoms with E-state index in [4.69, 9.17) is 5.73 Å². The van der Waals surface area contributed by atoms with E-state index in [0.29, 0.717) is 12.5 Å². The Morgan fingerprint density at radius 2 is 2.11 bits per heavy atom. The summed E-state index contributed by atoms with van der Waals surface area (Å²) in [5.74, 6) is 0.572. The first-order valence-electron chi connectivity index (χ1n) is 6.32. The normalized spacial score (nSPS) is 12.1. The molecular weight excluding hydrogens is 306 g/mol. The maximum atomic E-state index is 5.94. The van der Waals surface area contributed by atoms with Crippen molar-refractivity contribution >= 4 is 27.5 Å². The maximum Gasteiger partial charge on any atom is 0.191 e. The summed E-state index contributed by atoms with van der Waals surface area (Å²) in [4.78, 5) is 10.9. The first-order valence-corrected chi connectivity index (χ1v) is 7.11. The molecule has 0 aliphatic carbocycles. The average Bonchev–Trinajstić information content (AvgIpc) is 2.79. The van der Waals surface area contributed by atoms with Crippen LogP contribution in [0.1, 0.15) is 19.5 Å². The second-order valence-electron chi connectivity index (χ2n) is 4.19. The van der Waals surface area contributed by atoms with E-state index in [0.717, 1.165) is 28.9 Å². The Kier molecular flexibility index (Phi) is 4.42. The van der Waals surface area contributed by atoms with Crippen LogP contribution in [0, 0.1) is 0 Å². The molecule has 0 saturated carbocycles. The van der Waals surface area contributed by atoms with Gasteiger partial charge >= 0.3 is 0 Å². The predicted molar refractivity (Wildman–Crippen MR) is 81.1 cm³/mol. The van der Waals surface area contributed by atoms with Crippen LogP contribution in [0.2, 0.25) is 0 Å². The minimum absolute atomic E-state index is 0.502. The lowest BCUT2D eigenvalue weighted by Crippen LogP contribution is -2.37. The Balaban J connectivity index is 2.15. The number of imidazole rings is 1. The molecular formula is C13H18BrN5. The Bertz CT molecular complexity index is 586. The molecule has 5 nitrogen and oxygen atoms in total. The number of guanidine groups is 1. The largest absolute Gasteiger partial charge is 0.370 e. The van der Waals surface area contributed by atoms with Gasteiger partial charge in [0.2, 0.25) is 0 Å². The van der Waals surface area contributed by atoms with Crippen LogP contribution in [0.4, 0.5) is 0 Å². The van der Waals surface area contributed by atoms with Crippen molar-refractivity contribution in [2.24, 2.45) is 10.7 Å². The zero-order valence-corrected chi connectivity index (χ0v) is 12.8. The number of nitrogens with two attached hydrogens (primary N) is 1. The molecule has 0 unspecified atom stereocenters. The molecule has 2 heterocycles. The van der Waals surface area contributed by atoms with E-state index in [2.05, 4.69) is 39.8 Å². The van der Waals surface area contributed by atoms with E-state index in [9.17, 15) is 0 Å². The van der Waals surface area contributed by atoms with Crippen molar-refractivity contribution in [2.75, 3.05) is 13.1 Å². The number of nitrogens with zero attached hydrogens (tertiary/aromatic N) is 4. The van der Waals surface area contributed by atoms with Crippen LogP contribution in [0.3, 0.4) is 0 Å². The van der Waals surface area contributed by atoms with Crippen molar-refractivity contribution < 1.29 is 0 Å². The van der Waals surface area contributed by atoms with Gasteiger partial charge in [0, 0.05) is 30.0 Å². The van der Waals surface area contributed by atoms with Gasteiger partial charge in [0.1, 0.15) is 5.65 Å². The monoisotopic (exact) mass is 323 g/mol. The third-order valence-electron chi connectivity index (χ3n) is 2.96. The van der Waals surface area contributed by atoms with Gasteiger partial charge in [0.25, 0.3) is 0 Å². The lowest BCUT2D eigenvalue weighted by molar-refractivity contribution is 0.458. The zero-order chi connectivity index (χ0) is 13.8. The molecule has 2 aromatic rings. The molecule has 0 atom stereocenters. The van der Waals surface area contributed by atoms with Gasteiger partial charge in [-0.2, -0.15) is 0 Å². The van der Waals surface area contributed by atoms with Crippen LogP contribution < -0.4 is 5.73 Å². The number of hydrogen-bond acceptors (Lipinski definition) is 2. The minimum Gasteiger partial charge on any atom is -0.370 e. The molecule has 0 saturated heterocycles. The van der Waals surface area contributed by atoms with E-state index in [1.54, 1.807) is 0 Å². The number of aliphatic imine (C=N–C) groups is 1. The summed E-state index contributed by atoms with van der Waals surface area (Å²) in [6.45, 7) is 6.36. The summed E-state index contributed by atoms with van der Waals surface area (Å²) in [5.41, 5.74) is 7.76. The third kappa shape index (κ3) is 3.26. The molecule has 2 rings (SSSR count). The fraction of sp³-hybridized carbons (Fsp3) is 0.385. The highest BCUT2D eigenvalue weighted by molar-refractivity contribution is 9.10. The predicted octanol–water partition coefficient (Wildman–Crippen LogP) is 2.25. The Labute approximate surface area is 121 Å². The molecule has 0 aliphatic rings. The van der Waals surface area contributed by atoms with Crippen LogP contribution in [-0.4, -0.2) is 33.3 Å². The third-order valence-corrected chi connectivity index (χ3v) is 3.42. The molecule has 0 fully saturated rings. The molecule has 2 N–H and O–H groups in total. The fourth-order valence-corrected chi connectivity index (χ4v) is 2.26. The van der Waals surface area contributed by atoms with Crippen molar-refractivity contribution in [2.45, 2.75) is 20.4 Å². The SMILES string of the molecule is CCN(CC)C(N)=NCc1cn2cc(Br)ccc2n1. The summed E-state index contributed by atoms with van der Waals surface area (Å²) in [6.07, 6.45) is 3.95. The molecule has 0 spiro atoms. The molecule has 0 aliphatic heterocycles. The second-order valence-corrected chi connectivity index (χ2v) is 5.11. The number of halogens is 1. The van der Waals surface area contributed by atoms with Crippen molar-refractivity contribution in [3.8, 4) is 0 Å². The summed E-state index contributed by atoms with van der Waals surface area (Å²) < 4.78 is 3.00. The average molecular weight is 324 g/mol. The van der Waals surface area contributed by atoms with Crippen LogP contribution in [0.25, 0.3) is 5.65 Å². The topological polar surface area (TPSA) is 58.9 Å². The van der Waals surface area contributed by atoms with E-state index in [1.165, 1.54) is 0 Å². The van der Waals surface area contributed by atoms with Gasteiger partial charge in [0.15, 0.2) is 5.96 Å². The lowest BCUT2D eigenvalue weighted by Gasteiger charge is -2.18. The molecule has 0 bridgehead atoms. The smallest absolute Gasteiger partial charge is 0.191 e. The molecule has 2 aromatic heterocycles. The van der Waals surface area contributed by atoms with Crippen LogP contribution in [-0.2, 0) is 6.54 Å². The first-order chi connectivity index (χ1) is 9.13. The quantitative estimate of drug-likeness (QED) is 0.693. The van der Waals surface area contributed by atoms with Gasteiger partial charge in [-0.25, -0.2) is 9.98 Å². The van der Waals surface area contributed by atoms with Crippen LogP contribution in [0.15, 0.2) is 34.0 Å².